The highest BCUT2D eigenvalue weighted by Gasteiger charge is 1.64. The predicted molar refractivity (Wildman–Crippen MR) is 39.1 cm³/mol. The van der Waals surface area contributed by atoms with Crippen LogP contribution >= 0.6 is 22.6 Å². The SMILES string of the molecule is CC/C=C/NSS. The standard InChI is InChI=1S/C4H9NS2/c1-2-3-4-5-7-6/h3-6H,2H2,1H3/b4-3+. The highest BCUT2D eigenvalue weighted by atomic mass is 33.1. The van der Waals surface area contributed by atoms with Gasteiger partial charge in [-0.05, 0) is 6.42 Å². The molecule has 0 fully saturated rings. The third-order valence-corrected chi connectivity index (χ3v) is 1.03. The highest BCUT2D eigenvalue weighted by Crippen LogP contribution is 1.95. The maximum atomic E-state index is 3.85. The number of thiol groups is 1. The summed E-state index contributed by atoms with van der Waals surface area (Å²) in [5.41, 5.74) is 0. The fourth-order valence-electron chi connectivity index (χ4n) is 0.196. The Morgan fingerprint density at radius 1 is 1.86 bits per heavy atom. The molecule has 3 heteroatoms. The Balaban J connectivity index is 2.78. The van der Waals surface area contributed by atoms with Gasteiger partial charge in [-0.1, -0.05) is 24.7 Å². The quantitative estimate of drug-likeness (QED) is 0.349. The van der Waals surface area contributed by atoms with Crippen molar-refractivity contribution in [3.63, 3.8) is 0 Å². The van der Waals surface area contributed by atoms with Crippen molar-refractivity contribution in [2.45, 2.75) is 13.3 Å². The Labute approximate surface area is 53.5 Å². The Kier molecular flexibility index (Phi) is 6.45. The summed E-state index contributed by atoms with van der Waals surface area (Å²) < 4.78 is 2.85. The lowest BCUT2D eigenvalue weighted by Gasteiger charge is -1.85. The van der Waals surface area contributed by atoms with Crippen molar-refractivity contribution in [2.24, 2.45) is 0 Å². The molecule has 0 spiro atoms. The monoisotopic (exact) mass is 135 g/mol. The molecule has 0 saturated heterocycles. The van der Waals surface area contributed by atoms with Crippen LogP contribution in [0.3, 0.4) is 0 Å². The molecule has 0 aliphatic heterocycles. The van der Waals surface area contributed by atoms with Gasteiger partial charge in [0.2, 0.25) is 0 Å². The van der Waals surface area contributed by atoms with Gasteiger partial charge in [-0.3, -0.25) is 0 Å². The van der Waals surface area contributed by atoms with Gasteiger partial charge in [0.15, 0.2) is 0 Å². The van der Waals surface area contributed by atoms with Gasteiger partial charge in [-0.25, -0.2) is 0 Å². The zero-order chi connectivity index (χ0) is 5.54. The van der Waals surface area contributed by atoms with E-state index in [0.29, 0.717) is 0 Å². The van der Waals surface area contributed by atoms with E-state index >= 15 is 0 Å². The molecule has 0 rings (SSSR count). The second kappa shape index (κ2) is 6.24. The molecule has 1 nitrogen and oxygen atoms in total. The fourth-order valence-corrected chi connectivity index (χ4v) is 0.536. The third-order valence-electron chi connectivity index (χ3n) is 0.474. The minimum Gasteiger partial charge on any atom is -0.328 e. The molecule has 1 N–H and O–H groups in total. The molecule has 0 unspecified atom stereocenters. The second-order valence-electron chi connectivity index (χ2n) is 1.02. The average molecular weight is 135 g/mol. The van der Waals surface area contributed by atoms with E-state index in [4.69, 9.17) is 0 Å². The van der Waals surface area contributed by atoms with Crippen LogP contribution in [0.15, 0.2) is 12.3 Å². The van der Waals surface area contributed by atoms with E-state index in [-0.39, 0.29) is 0 Å². The van der Waals surface area contributed by atoms with Gasteiger partial charge in [0, 0.05) is 17.2 Å². The lowest BCUT2D eigenvalue weighted by molar-refractivity contribution is 1.20. The molecule has 0 atom stereocenters. The molecule has 0 saturated carbocycles. The summed E-state index contributed by atoms with van der Waals surface area (Å²) in [5.74, 6) is 0. The Bertz CT molecular complexity index is 53.7. The highest BCUT2D eigenvalue weighted by molar-refractivity contribution is 8.67. The van der Waals surface area contributed by atoms with Crippen molar-refractivity contribution < 1.29 is 0 Å². The van der Waals surface area contributed by atoms with E-state index in [1.807, 2.05) is 12.3 Å². The Morgan fingerprint density at radius 2 is 2.57 bits per heavy atom. The van der Waals surface area contributed by atoms with Gasteiger partial charge < -0.3 is 4.72 Å². The van der Waals surface area contributed by atoms with Crippen LogP contribution in [0.25, 0.3) is 0 Å². The van der Waals surface area contributed by atoms with Gasteiger partial charge in [0.25, 0.3) is 0 Å². The third kappa shape index (κ3) is 6.24. The van der Waals surface area contributed by atoms with Gasteiger partial charge in [-0.2, -0.15) is 0 Å². The zero-order valence-corrected chi connectivity index (χ0v) is 5.93. The summed E-state index contributed by atoms with van der Waals surface area (Å²) in [6, 6.07) is 0. The lowest BCUT2D eigenvalue weighted by Crippen LogP contribution is -1.82. The summed E-state index contributed by atoms with van der Waals surface area (Å²) >= 11 is 3.85. The van der Waals surface area contributed by atoms with E-state index in [2.05, 4.69) is 23.3 Å². The summed E-state index contributed by atoms with van der Waals surface area (Å²) in [6.07, 6.45) is 4.97. The van der Waals surface area contributed by atoms with E-state index in [9.17, 15) is 0 Å². The van der Waals surface area contributed by atoms with Crippen LogP contribution in [0.4, 0.5) is 0 Å². The molecular formula is C4H9NS2. The molecule has 42 valence electrons. The molecule has 0 aromatic rings. The van der Waals surface area contributed by atoms with Crippen LogP contribution in [-0.4, -0.2) is 0 Å². The van der Waals surface area contributed by atoms with Crippen LogP contribution in [0.5, 0.6) is 0 Å². The summed E-state index contributed by atoms with van der Waals surface area (Å²) in [5, 5.41) is 0. The first kappa shape index (κ1) is 7.24. The van der Waals surface area contributed by atoms with Gasteiger partial charge >= 0.3 is 0 Å². The Morgan fingerprint density at radius 3 is 3.00 bits per heavy atom. The molecule has 0 aromatic heterocycles. The lowest BCUT2D eigenvalue weighted by atomic mass is 10.5. The average Bonchev–Trinajstić information content (AvgIpc) is 1.69. The second-order valence-corrected chi connectivity index (χ2v) is 1.99. The summed E-state index contributed by atoms with van der Waals surface area (Å²) in [6.45, 7) is 2.08. The first-order valence-corrected chi connectivity index (χ1v) is 3.99. The number of hydrogen-bond acceptors (Lipinski definition) is 3. The van der Waals surface area contributed by atoms with Crippen LogP contribution in [0.2, 0.25) is 0 Å². The minimum atomic E-state index is 1.07. The number of rotatable bonds is 3. The molecule has 7 heavy (non-hydrogen) atoms. The van der Waals surface area contributed by atoms with Crippen molar-refractivity contribution in [3.8, 4) is 0 Å². The molecule has 0 amide bonds. The first-order valence-electron chi connectivity index (χ1n) is 2.12. The van der Waals surface area contributed by atoms with E-state index < -0.39 is 0 Å². The molecule has 0 aromatic carbocycles. The van der Waals surface area contributed by atoms with Crippen molar-refractivity contribution >= 4 is 22.6 Å². The molecule has 0 heterocycles. The number of allylic oxidation sites excluding steroid dienone is 1. The molecule has 0 bridgehead atoms. The van der Waals surface area contributed by atoms with Crippen molar-refractivity contribution in [2.75, 3.05) is 0 Å². The first-order chi connectivity index (χ1) is 3.41. The number of nitrogens with one attached hydrogen (secondary N) is 1. The maximum absolute atomic E-state index is 3.85. The van der Waals surface area contributed by atoms with Gasteiger partial charge in [0.1, 0.15) is 0 Å². The van der Waals surface area contributed by atoms with E-state index in [1.165, 1.54) is 11.0 Å². The van der Waals surface area contributed by atoms with E-state index in [0.717, 1.165) is 6.42 Å². The van der Waals surface area contributed by atoms with Crippen LogP contribution in [-0.2, 0) is 0 Å². The molecule has 0 aliphatic rings. The van der Waals surface area contributed by atoms with Crippen molar-refractivity contribution in [1.82, 2.24) is 4.72 Å². The van der Waals surface area contributed by atoms with Crippen molar-refractivity contribution in [3.05, 3.63) is 12.3 Å². The van der Waals surface area contributed by atoms with Gasteiger partial charge in [-0.15, -0.1) is 0 Å². The maximum Gasteiger partial charge on any atom is 0.0148 e. The molecule has 0 aliphatic carbocycles. The largest absolute Gasteiger partial charge is 0.328 e. The van der Waals surface area contributed by atoms with Gasteiger partial charge in [0.05, 0.1) is 0 Å². The van der Waals surface area contributed by atoms with E-state index in [1.54, 1.807) is 0 Å². The summed E-state index contributed by atoms with van der Waals surface area (Å²) in [4.78, 5) is 0. The Hall–Kier alpha value is 0.240. The van der Waals surface area contributed by atoms with Crippen molar-refractivity contribution in [1.29, 1.82) is 0 Å². The van der Waals surface area contributed by atoms with Crippen LogP contribution < -0.4 is 4.72 Å². The molecule has 0 radical (unpaired) electrons. The minimum absolute atomic E-state index is 1.07. The summed E-state index contributed by atoms with van der Waals surface area (Å²) in [7, 11) is 1.30. The topological polar surface area (TPSA) is 12.0 Å². The smallest absolute Gasteiger partial charge is 0.0148 e. The van der Waals surface area contributed by atoms with Crippen LogP contribution in [0, 0.1) is 0 Å². The normalized spacial score (nSPS) is 10.0. The predicted octanol–water partition coefficient (Wildman–Crippen LogP) is 1.99. The molecular weight excluding hydrogens is 126 g/mol. The van der Waals surface area contributed by atoms with Crippen LogP contribution in [0.1, 0.15) is 13.3 Å². The fraction of sp³-hybridized carbons (Fsp3) is 0.500. The number of hydrogen-bond donors (Lipinski definition) is 2. The zero-order valence-electron chi connectivity index (χ0n) is 4.22.